The van der Waals surface area contributed by atoms with Gasteiger partial charge in [-0.15, -0.1) is 0 Å². The SMILES string of the molecule is CC(=O)O.CC/C=C\CCS. The minimum Gasteiger partial charge on any atom is -0.481 e. The molecule has 0 aromatic rings. The Kier molecular flexibility index (Phi) is 14.7. The van der Waals surface area contributed by atoms with Crippen molar-refractivity contribution in [3.8, 4) is 0 Å². The molecule has 0 saturated carbocycles. The Morgan fingerprint density at radius 2 is 2.00 bits per heavy atom. The zero-order valence-corrected chi connectivity index (χ0v) is 7.97. The van der Waals surface area contributed by atoms with Crippen LogP contribution in [0.5, 0.6) is 0 Å². The molecule has 3 heteroatoms. The van der Waals surface area contributed by atoms with Crippen LogP contribution in [0.3, 0.4) is 0 Å². The molecule has 0 aliphatic rings. The second kappa shape index (κ2) is 12.3. The first-order chi connectivity index (χ1) is 5.15. The lowest BCUT2D eigenvalue weighted by atomic mass is 10.4. The molecular formula is C8H16O2S. The van der Waals surface area contributed by atoms with Gasteiger partial charge in [-0.1, -0.05) is 19.1 Å². The molecule has 0 atom stereocenters. The highest BCUT2D eigenvalue weighted by atomic mass is 32.1. The van der Waals surface area contributed by atoms with Crippen LogP contribution in [0.2, 0.25) is 0 Å². The van der Waals surface area contributed by atoms with Gasteiger partial charge in [0, 0.05) is 6.92 Å². The molecule has 0 aromatic heterocycles. The number of allylic oxidation sites excluding steroid dienone is 2. The molecule has 0 rings (SSSR count). The minimum atomic E-state index is -0.833. The highest BCUT2D eigenvalue weighted by molar-refractivity contribution is 7.80. The molecule has 1 N–H and O–H groups in total. The second-order valence-corrected chi connectivity index (χ2v) is 2.36. The average Bonchev–Trinajstić information content (AvgIpc) is 1.88. The summed E-state index contributed by atoms with van der Waals surface area (Å²) >= 11 is 4.04. The van der Waals surface area contributed by atoms with Crippen LogP contribution in [0.4, 0.5) is 0 Å². The van der Waals surface area contributed by atoms with E-state index in [0.29, 0.717) is 0 Å². The van der Waals surface area contributed by atoms with Crippen molar-refractivity contribution in [1.29, 1.82) is 0 Å². The third-order valence-electron chi connectivity index (χ3n) is 0.698. The van der Waals surface area contributed by atoms with Crippen LogP contribution in [0.25, 0.3) is 0 Å². The van der Waals surface area contributed by atoms with Gasteiger partial charge in [0.25, 0.3) is 5.97 Å². The summed E-state index contributed by atoms with van der Waals surface area (Å²) in [5, 5.41) is 7.42. The Labute approximate surface area is 73.7 Å². The zero-order valence-electron chi connectivity index (χ0n) is 7.08. The fourth-order valence-corrected chi connectivity index (χ4v) is 0.508. The predicted octanol–water partition coefficient (Wildman–Crippen LogP) is 2.36. The Bertz CT molecular complexity index is 107. The number of thiol groups is 1. The number of carboxylic acids is 1. The van der Waals surface area contributed by atoms with E-state index in [1.165, 1.54) is 0 Å². The Balaban J connectivity index is 0. The molecule has 0 radical (unpaired) electrons. The van der Waals surface area contributed by atoms with Crippen LogP contribution in [-0.4, -0.2) is 16.8 Å². The van der Waals surface area contributed by atoms with Crippen LogP contribution in [-0.2, 0) is 4.79 Å². The number of hydrogen-bond donors (Lipinski definition) is 2. The quantitative estimate of drug-likeness (QED) is 0.511. The molecule has 0 heterocycles. The topological polar surface area (TPSA) is 37.3 Å². The van der Waals surface area contributed by atoms with Gasteiger partial charge < -0.3 is 5.11 Å². The van der Waals surface area contributed by atoms with Crippen LogP contribution >= 0.6 is 12.6 Å². The van der Waals surface area contributed by atoms with E-state index in [1.807, 2.05) is 0 Å². The van der Waals surface area contributed by atoms with Crippen LogP contribution in [0, 0.1) is 0 Å². The fraction of sp³-hybridized carbons (Fsp3) is 0.625. The molecule has 0 amide bonds. The van der Waals surface area contributed by atoms with Crippen molar-refractivity contribution in [3.63, 3.8) is 0 Å². The van der Waals surface area contributed by atoms with Crippen molar-refractivity contribution in [2.75, 3.05) is 5.75 Å². The molecule has 0 fully saturated rings. The summed E-state index contributed by atoms with van der Waals surface area (Å²) in [6.45, 7) is 3.22. The predicted molar refractivity (Wildman–Crippen MR) is 51.2 cm³/mol. The highest BCUT2D eigenvalue weighted by Gasteiger charge is 1.68. The van der Waals surface area contributed by atoms with Gasteiger partial charge in [0.05, 0.1) is 0 Å². The van der Waals surface area contributed by atoms with Gasteiger partial charge >= 0.3 is 0 Å². The largest absolute Gasteiger partial charge is 0.481 e. The first-order valence-electron chi connectivity index (χ1n) is 3.60. The van der Waals surface area contributed by atoms with Crippen molar-refractivity contribution < 1.29 is 9.90 Å². The molecule has 0 bridgehead atoms. The van der Waals surface area contributed by atoms with E-state index in [1.54, 1.807) is 0 Å². The normalized spacial score (nSPS) is 9.00. The van der Waals surface area contributed by atoms with E-state index < -0.39 is 5.97 Å². The lowest BCUT2D eigenvalue weighted by molar-refractivity contribution is -0.134. The fourth-order valence-electron chi connectivity index (χ4n) is 0.359. The van der Waals surface area contributed by atoms with Crippen LogP contribution in [0.1, 0.15) is 26.7 Å². The summed E-state index contributed by atoms with van der Waals surface area (Å²) in [7, 11) is 0. The lowest BCUT2D eigenvalue weighted by Gasteiger charge is -1.79. The number of carbonyl (C=O) groups is 1. The van der Waals surface area contributed by atoms with E-state index >= 15 is 0 Å². The molecule has 11 heavy (non-hydrogen) atoms. The molecule has 0 aliphatic heterocycles. The molecule has 2 nitrogen and oxygen atoms in total. The summed E-state index contributed by atoms with van der Waals surface area (Å²) in [5.74, 6) is 0.135. The molecule has 66 valence electrons. The average molecular weight is 176 g/mol. The van der Waals surface area contributed by atoms with E-state index in [-0.39, 0.29) is 0 Å². The molecule has 0 aliphatic carbocycles. The summed E-state index contributed by atoms with van der Waals surface area (Å²) in [5.41, 5.74) is 0. The van der Waals surface area contributed by atoms with Crippen LogP contribution in [0.15, 0.2) is 12.2 Å². The first kappa shape index (κ1) is 13.2. The lowest BCUT2D eigenvalue weighted by Crippen LogP contribution is -1.78. The van der Waals surface area contributed by atoms with Crippen molar-refractivity contribution in [3.05, 3.63) is 12.2 Å². The molecular weight excluding hydrogens is 160 g/mol. The first-order valence-corrected chi connectivity index (χ1v) is 4.23. The molecule has 0 saturated heterocycles. The van der Waals surface area contributed by atoms with E-state index in [9.17, 15) is 0 Å². The van der Waals surface area contributed by atoms with Gasteiger partial charge in [0.1, 0.15) is 0 Å². The summed E-state index contributed by atoms with van der Waals surface area (Å²) in [6, 6.07) is 0. The minimum absolute atomic E-state index is 0.833. The van der Waals surface area contributed by atoms with Gasteiger partial charge in [-0.3, -0.25) is 4.79 Å². The molecule has 0 aromatic carbocycles. The molecule has 0 spiro atoms. The molecule has 0 unspecified atom stereocenters. The van der Waals surface area contributed by atoms with E-state index in [0.717, 1.165) is 25.5 Å². The van der Waals surface area contributed by atoms with Gasteiger partial charge in [0.15, 0.2) is 0 Å². The Hall–Kier alpha value is -0.440. The number of hydrogen-bond acceptors (Lipinski definition) is 2. The maximum Gasteiger partial charge on any atom is 0.300 e. The van der Waals surface area contributed by atoms with Gasteiger partial charge in [-0.25, -0.2) is 0 Å². The zero-order chi connectivity index (χ0) is 9.11. The standard InChI is InChI=1S/C6H12S.C2H4O2/c1-2-3-4-5-6-7;1-2(3)4/h3-4,7H,2,5-6H2,1H3;1H3,(H,3,4)/b4-3-;. The summed E-state index contributed by atoms with van der Waals surface area (Å²) < 4.78 is 0. The van der Waals surface area contributed by atoms with Crippen molar-refractivity contribution >= 4 is 18.6 Å². The van der Waals surface area contributed by atoms with Crippen molar-refractivity contribution in [1.82, 2.24) is 0 Å². The Morgan fingerprint density at radius 1 is 1.55 bits per heavy atom. The highest BCUT2D eigenvalue weighted by Crippen LogP contribution is 1.86. The number of carboxylic acid groups (broad SMARTS) is 1. The van der Waals surface area contributed by atoms with E-state index in [2.05, 4.69) is 31.7 Å². The van der Waals surface area contributed by atoms with Crippen molar-refractivity contribution in [2.45, 2.75) is 26.7 Å². The second-order valence-electron chi connectivity index (χ2n) is 1.91. The summed E-state index contributed by atoms with van der Waals surface area (Å²) in [6.07, 6.45) is 6.58. The maximum absolute atomic E-state index is 9.00. The van der Waals surface area contributed by atoms with Crippen molar-refractivity contribution in [2.24, 2.45) is 0 Å². The monoisotopic (exact) mass is 176 g/mol. The number of rotatable bonds is 3. The van der Waals surface area contributed by atoms with Gasteiger partial charge in [0.2, 0.25) is 0 Å². The third-order valence-corrected chi connectivity index (χ3v) is 0.956. The van der Waals surface area contributed by atoms with Gasteiger partial charge in [-0.2, -0.15) is 12.6 Å². The summed E-state index contributed by atoms with van der Waals surface area (Å²) in [4.78, 5) is 9.00. The van der Waals surface area contributed by atoms with Crippen LogP contribution < -0.4 is 0 Å². The maximum atomic E-state index is 9.00. The Morgan fingerprint density at radius 3 is 2.27 bits per heavy atom. The smallest absolute Gasteiger partial charge is 0.300 e. The van der Waals surface area contributed by atoms with E-state index in [4.69, 9.17) is 9.90 Å². The number of aliphatic carboxylic acids is 1. The van der Waals surface area contributed by atoms with Gasteiger partial charge in [-0.05, 0) is 18.6 Å². The third kappa shape index (κ3) is 43.1.